The zero-order valence-corrected chi connectivity index (χ0v) is 10.5. The van der Waals surface area contributed by atoms with Crippen molar-refractivity contribution in [2.24, 2.45) is 0 Å². The van der Waals surface area contributed by atoms with E-state index in [4.69, 9.17) is 13.9 Å². The van der Waals surface area contributed by atoms with Crippen LogP contribution < -0.4 is 14.8 Å². The van der Waals surface area contributed by atoms with Gasteiger partial charge >= 0.3 is 0 Å². The number of nitrogens with one attached hydrogen (secondary N) is 1. The minimum atomic E-state index is -0.214. The summed E-state index contributed by atoms with van der Waals surface area (Å²) in [4.78, 5) is 8.51. The molecule has 0 amide bonds. The molecule has 0 aromatic carbocycles. The van der Waals surface area contributed by atoms with E-state index >= 15 is 0 Å². The smallest absolute Gasteiger partial charge is 0.240 e. The molecular weight excluding hydrogens is 234 g/mol. The number of furan rings is 1. The number of hydrogen-bond acceptors (Lipinski definition) is 6. The van der Waals surface area contributed by atoms with Crippen LogP contribution in [0, 0.1) is 0 Å². The van der Waals surface area contributed by atoms with Crippen LogP contribution in [-0.2, 0) is 0 Å². The molecule has 2 aromatic heterocycles. The third-order valence-corrected chi connectivity index (χ3v) is 2.54. The lowest BCUT2D eigenvalue weighted by molar-refractivity contribution is 0.349. The van der Waals surface area contributed by atoms with Gasteiger partial charge in [-0.25, -0.2) is 4.98 Å². The Morgan fingerprint density at radius 1 is 1.33 bits per heavy atom. The Balaban J connectivity index is 2.42. The first-order valence-corrected chi connectivity index (χ1v) is 5.45. The van der Waals surface area contributed by atoms with Gasteiger partial charge < -0.3 is 19.2 Å². The van der Waals surface area contributed by atoms with Gasteiger partial charge in [0.2, 0.25) is 11.8 Å². The highest BCUT2D eigenvalue weighted by molar-refractivity contribution is 5.30. The van der Waals surface area contributed by atoms with Crippen LogP contribution in [0.2, 0.25) is 0 Å². The molecule has 0 aliphatic carbocycles. The van der Waals surface area contributed by atoms with Crippen molar-refractivity contribution in [1.82, 2.24) is 15.3 Å². The Bertz CT molecular complexity index is 499. The largest absolute Gasteiger partial charge is 0.480 e. The molecule has 0 radical (unpaired) electrons. The average Bonchev–Trinajstić information content (AvgIpc) is 2.94. The molecule has 6 heteroatoms. The predicted octanol–water partition coefficient (Wildman–Crippen LogP) is 1.40. The molecule has 96 valence electrons. The molecule has 18 heavy (non-hydrogen) atoms. The molecule has 0 saturated carbocycles. The maximum atomic E-state index is 5.38. The van der Waals surface area contributed by atoms with Gasteiger partial charge in [-0.3, -0.25) is 0 Å². The van der Waals surface area contributed by atoms with E-state index in [0.717, 1.165) is 5.76 Å². The topological polar surface area (TPSA) is 69.4 Å². The highest BCUT2D eigenvalue weighted by Gasteiger charge is 2.22. The molecule has 0 bridgehead atoms. The van der Waals surface area contributed by atoms with Crippen molar-refractivity contribution < 1.29 is 13.9 Å². The van der Waals surface area contributed by atoms with E-state index in [1.54, 1.807) is 19.6 Å². The van der Waals surface area contributed by atoms with Gasteiger partial charge in [-0.15, -0.1) is 0 Å². The predicted molar refractivity (Wildman–Crippen MR) is 64.7 cm³/mol. The monoisotopic (exact) mass is 249 g/mol. The van der Waals surface area contributed by atoms with Gasteiger partial charge in [-0.05, 0) is 19.2 Å². The molecule has 1 N–H and O–H groups in total. The highest BCUT2D eigenvalue weighted by atomic mass is 16.5. The Morgan fingerprint density at radius 3 is 2.72 bits per heavy atom. The number of nitrogens with zero attached hydrogens (tertiary/aromatic N) is 2. The summed E-state index contributed by atoms with van der Waals surface area (Å²) in [5.41, 5.74) is 0.649. The second-order valence-electron chi connectivity index (χ2n) is 3.54. The molecule has 0 aliphatic heterocycles. The zero-order valence-electron chi connectivity index (χ0n) is 10.5. The van der Waals surface area contributed by atoms with Crippen molar-refractivity contribution in [2.45, 2.75) is 6.04 Å². The lowest BCUT2D eigenvalue weighted by atomic mass is 10.1. The van der Waals surface area contributed by atoms with Crippen molar-refractivity contribution in [1.29, 1.82) is 0 Å². The van der Waals surface area contributed by atoms with Gasteiger partial charge in [0.15, 0.2) is 0 Å². The van der Waals surface area contributed by atoms with E-state index < -0.39 is 0 Å². The molecule has 2 heterocycles. The first-order chi connectivity index (χ1) is 8.80. The summed E-state index contributed by atoms with van der Waals surface area (Å²) < 4.78 is 15.6. The lowest BCUT2D eigenvalue weighted by Crippen LogP contribution is -2.19. The third kappa shape index (κ3) is 2.28. The molecular formula is C12H15N3O3. The first kappa shape index (κ1) is 12.4. The summed E-state index contributed by atoms with van der Waals surface area (Å²) in [6.45, 7) is 0. The summed E-state index contributed by atoms with van der Waals surface area (Å²) in [5, 5.41) is 3.12. The minimum absolute atomic E-state index is 0.214. The average molecular weight is 249 g/mol. The van der Waals surface area contributed by atoms with Crippen LogP contribution in [0.4, 0.5) is 0 Å². The van der Waals surface area contributed by atoms with Crippen LogP contribution in [0.3, 0.4) is 0 Å². The van der Waals surface area contributed by atoms with E-state index in [0.29, 0.717) is 17.5 Å². The molecule has 0 aliphatic rings. The van der Waals surface area contributed by atoms with Crippen LogP contribution in [0.5, 0.6) is 11.8 Å². The van der Waals surface area contributed by atoms with Crippen LogP contribution in [-0.4, -0.2) is 31.2 Å². The van der Waals surface area contributed by atoms with Crippen molar-refractivity contribution in [3.63, 3.8) is 0 Å². The van der Waals surface area contributed by atoms with E-state index in [2.05, 4.69) is 15.3 Å². The number of ether oxygens (including phenoxy) is 2. The standard InChI is InChI=1S/C12H15N3O3/c1-13-10(8-5-4-6-18-8)11-12(17-3)15-9(16-2)7-14-11/h4-7,10,13H,1-3H3. The van der Waals surface area contributed by atoms with Crippen molar-refractivity contribution in [3.05, 3.63) is 36.0 Å². The minimum Gasteiger partial charge on any atom is -0.480 e. The third-order valence-electron chi connectivity index (χ3n) is 2.54. The molecule has 0 spiro atoms. The summed E-state index contributed by atoms with van der Waals surface area (Å²) in [6.07, 6.45) is 3.16. The fraction of sp³-hybridized carbons (Fsp3) is 0.333. The Labute approximate surface area is 105 Å². The van der Waals surface area contributed by atoms with Gasteiger partial charge in [0, 0.05) is 0 Å². The summed E-state index contributed by atoms with van der Waals surface area (Å²) in [6, 6.07) is 3.48. The molecule has 6 nitrogen and oxygen atoms in total. The number of methoxy groups -OCH3 is 2. The quantitative estimate of drug-likeness (QED) is 0.863. The fourth-order valence-electron chi connectivity index (χ4n) is 1.68. The fourth-order valence-corrected chi connectivity index (χ4v) is 1.68. The SMILES string of the molecule is CNC(c1ccco1)c1ncc(OC)nc1OC. The van der Waals surface area contributed by atoms with Gasteiger partial charge in [-0.1, -0.05) is 0 Å². The lowest BCUT2D eigenvalue weighted by Gasteiger charge is -2.15. The Morgan fingerprint density at radius 2 is 2.17 bits per heavy atom. The normalized spacial score (nSPS) is 12.2. The summed E-state index contributed by atoms with van der Waals surface area (Å²) >= 11 is 0. The van der Waals surface area contributed by atoms with E-state index in [-0.39, 0.29) is 6.04 Å². The van der Waals surface area contributed by atoms with Gasteiger partial charge in [-0.2, -0.15) is 4.98 Å². The van der Waals surface area contributed by atoms with Crippen LogP contribution >= 0.6 is 0 Å². The number of rotatable bonds is 5. The van der Waals surface area contributed by atoms with Crippen molar-refractivity contribution in [2.75, 3.05) is 21.3 Å². The van der Waals surface area contributed by atoms with Crippen LogP contribution in [0.1, 0.15) is 17.5 Å². The molecule has 0 saturated heterocycles. The van der Waals surface area contributed by atoms with Gasteiger partial charge in [0.05, 0.1) is 26.7 Å². The zero-order chi connectivity index (χ0) is 13.0. The number of hydrogen-bond donors (Lipinski definition) is 1. The first-order valence-electron chi connectivity index (χ1n) is 5.45. The maximum absolute atomic E-state index is 5.38. The summed E-state index contributed by atoms with van der Waals surface area (Å²) in [5.74, 6) is 1.56. The Hall–Kier alpha value is -2.08. The summed E-state index contributed by atoms with van der Waals surface area (Å²) in [7, 11) is 4.89. The second kappa shape index (κ2) is 5.50. The van der Waals surface area contributed by atoms with E-state index in [1.165, 1.54) is 7.11 Å². The molecule has 1 atom stereocenters. The van der Waals surface area contributed by atoms with Crippen LogP contribution in [0.25, 0.3) is 0 Å². The Kier molecular flexibility index (Phi) is 3.78. The van der Waals surface area contributed by atoms with E-state index in [9.17, 15) is 0 Å². The number of aromatic nitrogens is 2. The second-order valence-corrected chi connectivity index (χ2v) is 3.54. The van der Waals surface area contributed by atoms with E-state index in [1.807, 2.05) is 19.2 Å². The van der Waals surface area contributed by atoms with Crippen molar-refractivity contribution >= 4 is 0 Å². The molecule has 1 unspecified atom stereocenters. The van der Waals surface area contributed by atoms with Crippen LogP contribution in [0.15, 0.2) is 29.0 Å². The highest BCUT2D eigenvalue weighted by Crippen LogP contribution is 2.28. The van der Waals surface area contributed by atoms with Gasteiger partial charge in [0.1, 0.15) is 17.5 Å². The molecule has 2 aromatic rings. The molecule has 2 rings (SSSR count). The molecule has 0 fully saturated rings. The van der Waals surface area contributed by atoms with Crippen molar-refractivity contribution in [3.8, 4) is 11.8 Å². The maximum Gasteiger partial charge on any atom is 0.240 e. The van der Waals surface area contributed by atoms with Gasteiger partial charge in [0.25, 0.3) is 0 Å².